The number of nitriles is 1. The molecule has 4 heterocycles. The van der Waals surface area contributed by atoms with Crippen molar-refractivity contribution in [3.8, 4) is 6.07 Å². The monoisotopic (exact) mass is 384 g/mol. The Kier molecular flexibility index (Phi) is 4.38. The molecule has 0 amide bonds. The highest BCUT2D eigenvalue weighted by Gasteiger charge is 2.64. The van der Waals surface area contributed by atoms with Gasteiger partial charge in [0.15, 0.2) is 41.6 Å². The number of ether oxygens (including phenoxy) is 6. The SMILES string of the molecule is CC1(C)O[C@H]2O[C@H](CN[C@]3(C#N)[C@@H](CO)O[C@@H]4OC(C)(C)O[C@@H]43)C(=O)[C@H]2O1. The van der Waals surface area contributed by atoms with Gasteiger partial charge < -0.3 is 33.5 Å². The summed E-state index contributed by atoms with van der Waals surface area (Å²) < 4.78 is 34.0. The van der Waals surface area contributed by atoms with E-state index < -0.39 is 60.7 Å². The molecule has 0 radical (unpaired) electrons. The Morgan fingerprint density at radius 1 is 1.07 bits per heavy atom. The maximum absolute atomic E-state index is 12.6. The molecular formula is C17H24N2O8. The lowest BCUT2D eigenvalue weighted by Crippen LogP contribution is -2.61. The number of ketones is 1. The van der Waals surface area contributed by atoms with Crippen molar-refractivity contribution in [3.63, 3.8) is 0 Å². The molecule has 4 aliphatic rings. The van der Waals surface area contributed by atoms with Gasteiger partial charge in [-0.2, -0.15) is 5.26 Å². The van der Waals surface area contributed by atoms with E-state index >= 15 is 0 Å². The molecular weight excluding hydrogens is 360 g/mol. The minimum absolute atomic E-state index is 0.0133. The molecule has 10 heteroatoms. The zero-order valence-electron chi connectivity index (χ0n) is 15.6. The van der Waals surface area contributed by atoms with Crippen LogP contribution in [0.4, 0.5) is 0 Å². The van der Waals surface area contributed by atoms with E-state index in [9.17, 15) is 15.2 Å². The van der Waals surface area contributed by atoms with Crippen LogP contribution in [0, 0.1) is 11.3 Å². The molecule has 4 rings (SSSR count). The van der Waals surface area contributed by atoms with Crippen molar-refractivity contribution < 1.29 is 38.3 Å². The number of nitrogens with zero attached hydrogens (tertiary/aromatic N) is 1. The molecule has 0 aromatic carbocycles. The van der Waals surface area contributed by atoms with Crippen molar-refractivity contribution in [1.82, 2.24) is 5.32 Å². The van der Waals surface area contributed by atoms with Gasteiger partial charge in [0, 0.05) is 6.54 Å². The number of carbonyl (C=O) groups is 1. The van der Waals surface area contributed by atoms with E-state index in [0.29, 0.717) is 0 Å². The molecule has 7 atom stereocenters. The van der Waals surface area contributed by atoms with Crippen molar-refractivity contribution in [1.29, 1.82) is 5.26 Å². The first kappa shape index (κ1) is 19.2. The van der Waals surface area contributed by atoms with Crippen LogP contribution in [0.2, 0.25) is 0 Å². The molecule has 0 spiro atoms. The first-order valence-electron chi connectivity index (χ1n) is 8.94. The zero-order valence-corrected chi connectivity index (χ0v) is 15.6. The van der Waals surface area contributed by atoms with Crippen molar-refractivity contribution in [3.05, 3.63) is 0 Å². The summed E-state index contributed by atoms with van der Waals surface area (Å²) in [6.45, 7) is 6.45. The fourth-order valence-corrected chi connectivity index (χ4v) is 4.01. The summed E-state index contributed by atoms with van der Waals surface area (Å²) in [6, 6.07) is 2.16. The number of carbonyl (C=O) groups excluding carboxylic acids is 1. The quantitative estimate of drug-likeness (QED) is 0.632. The number of aliphatic hydroxyl groups excluding tert-OH is 1. The summed E-state index contributed by atoms with van der Waals surface area (Å²) >= 11 is 0. The Balaban J connectivity index is 1.48. The van der Waals surface area contributed by atoms with E-state index in [2.05, 4.69) is 11.4 Å². The van der Waals surface area contributed by atoms with Gasteiger partial charge in [0.2, 0.25) is 0 Å². The van der Waals surface area contributed by atoms with Crippen LogP contribution < -0.4 is 5.32 Å². The predicted octanol–water partition coefficient (Wildman–Crippen LogP) is -0.847. The molecule has 0 bridgehead atoms. The first-order chi connectivity index (χ1) is 12.6. The highest BCUT2D eigenvalue weighted by atomic mass is 16.8. The molecule has 4 fully saturated rings. The molecule has 4 saturated heterocycles. The summed E-state index contributed by atoms with van der Waals surface area (Å²) in [5, 5.41) is 22.6. The van der Waals surface area contributed by atoms with Crippen LogP contribution in [0.1, 0.15) is 27.7 Å². The standard InChI is InChI=1S/C17H24N2O8/c1-15(2)24-11-10(21)8(22-13(11)26-15)5-19-17(7-18)9(6-20)23-14-12(17)25-16(3,4)27-14/h8-9,11-14,19-20H,5-6H2,1-4H3/t8-,9-,11-,12+,13-,14-,17-/m1/s1. The fourth-order valence-electron chi connectivity index (χ4n) is 4.01. The molecule has 10 nitrogen and oxygen atoms in total. The van der Waals surface area contributed by atoms with Crippen LogP contribution in [0.3, 0.4) is 0 Å². The summed E-state index contributed by atoms with van der Waals surface area (Å²) in [5.74, 6) is -2.07. The summed E-state index contributed by atoms with van der Waals surface area (Å²) in [7, 11) is 0. The summed E-state index contributed by atoms with van der Waals surface area (Å²) in [5.41, 5.74) is -1.39. The molecule has 4 aliphatic heterocycles. The van der Waals surface area contributed by atoms with Gasteiger partial charge in [-0.05, 0) is 27.7 Å². The van der Waals surface area contributed by atoms with Crippen molar-refractivity contribution >= 4 is 5.78 Å². The Hall–Kier alpha value is -1.16. The van der Waals surface area contributed by atoms with Crippen molar-refractivity contribution in [2.75, 3.05) is 13.2 Å². The maximum Gasteiger partial charge on any atom is 0.196 e. The number of nitrogens with one attached hydrogen (secondary N) is 1. The maximum atomic E-state index is 12.6. The average Bonchev–Trinajstić information content (AvgIpc) is 3.23. The second-order valence-corrected chi connectivity index (χ2v) is 8.05. The van der Waals surface area contributed by atoms with Gasteiger partial charge in [0.1, 0.15) is 18.3 Å². The van der Waals surface area contributed by atoms with Crippen LogP contribution >= 0.6 is 0 Å². The van der Waals surface area contributed by atoms with Gasteiger partial charge in [-0.1, -0.05) is 0 Å². The van der Waals surface area contributed by atoms with E-state index in [1.807, 2.05) is 0 Å². The van der Waals surface area contributed by atoms with Crippen LogP contribution in [0.25, 0.3) is 0 Å². The van der Waals surface area contributed by atoms with Gasteiger partial charge in [-0.3, -0.25) is 10.1 Å². The van der Waals surface area contributed by atoms with Gasteiger partial charge >= 0.3 is 0 Å². The lowest BCUT2D eigenvalue weighted by molar-refractivity contribution is -0.215. The number of hydrogen-bond acceptors (Lipinski definition) is 10. The zero-order chi connectivity index (χ0) is 19.6. The number of aliphatic hydroxyl groups is 1. The third kappa shape index (κ3) is 2.99. The lowest BCUT2D eigenvalue weighted by Gasteiger charge is -2.33. The van der Waals surface area contributed by atoms with E-state index in [1.54, 1.807) is 27.7 Å². The third-order valence-corrected chi connectivity index (χ3v) is 5.20. The Bertz CT molecular complexity index is 676. The first-order valence-corrected chi connectivity index (χ1v) is 8.94. The van der Waals surface area contributed by atoms with Gasteiger partial charge in [0.25, 0.3) is 0 Å². The molecule has 0 unspecified atom stereocenters. The predicted molar refractivity (Wildman–Crippen MR) is 85.8 cm³/mol. The minimum Gasteiger partial charge on any atom is -0.394 e. The van der Waals surface area contributed by atoms with Crippen LogP contribution in [-0.4, -0.2) is 78.2 Å². The smallest absolute Gasteiger partial charge is 0.196 e. The number of rotatable bonds is 4. The molecule has 2 N–H and O–H groups in total. The molecule has 0 saturated carbocycles. The second-order valence-electron chi connectivity index (χ2n) is 8.05. The van der Waals surface area contributed by atoms with E-state index in [0.717, 1.165) is 0 Å². The summed E-state index contributed by atoms with van der Waals surface area (Å²) in [6.07, 6.45) is -4.86. The third-order valence-electron chi connectivity index (χ3n) is 5.20. The van der Waals surface area contributed by atoms with Gasteiger partial charge in [-0.15, -0.1) is 0 Å². The van der Waals surface area contributed by atoms with Crippen LogP contribution in [0.5, 0.6) is 0 Å². The second kappa shape index (κ2) is 6.17. The number of hydrogen-bond donors (Lipinski definition) is 2. The molecule has 150 valence electrons. The van der Waals surface area contributed by atoms with E-state index in [-0.39, 0.29) is 12.3 Å². The highest BCUT2D eigenvalue weighted by molar-refractivity contribution is 5.90. The van der Waals surface area contributed by atoms with Crippen LogP contribution in [0.15, 0.2) is 0 Å². The molecule has 0 aromatic rings. The Labute approximate surface area is 156 Å². The van der Waals surface area contributed by atoms with Crippen LogP contribution in [-0.2, 0) is 33.2 Å². The molecule has 0 aliphatic carbocycles. The average molecular weight is 384 g/mol. The Morgan fingerprint density at radius 3 is 2.37 bits per heavy atom. The molecule has 27 heavy (non-hydrogen) atoms. The molecule has 0 aromatic heterocycles. The number of Topliss-reactive ketones (excluding diaryl/α,β-unsaturated/α-hetero) is 1. The van der Waals surface area contributed by atoms with Gasteiger partial charge in [-0.25, -0.2) is 0 Å². The highest BCUT2D eigenvalue weighted by Crippen LogP contribution is 2.43. The van der Waals surface area contributed by atoms with Crippen molar-refractivity contribution in [2.45, 2.75) is 81.8 Å². The normalized spacial score (nSPS) is 47.0. The topological polar surface area (TPSA) is 128 Å². The Morgan fingerprint density at radius 2 is 1.74 bits per heavy atom. The largest absolute Gasteiger partial charge is 0.394 e. The summed E-state index contributed by atoms with van der Waals surface area (Å²) in [4.78, 5) is 12.6. The number of fused-ring (bicyclic) bond motifs is 2. The minimum atomic E-state index is -1.39. The van der Waals surface area contributed by atoms with E-state index in [4.69, 9.17) is 28.4 Å². The van der Waals surface area contributed by atoms with Crippen molar-refractivity contribution in [2.24, 2.45) is 0 Å². The fraction of sp³-hybridized carbons (Fsp3) is 0.882. The lowest BCUT2D eigenvalue weighted by atomic mass is 9.89. The van der Waals surface area contributed by atoms with Gasteiger partial charge in [0.05, 0.1) is 12.7 Å². The van der Waals surface area contributed by atoms with E-state index in [1.165, 1.54) is 0 Å².